The zero-order chi connectivity index (χ0) is 16.2. The van der Waals surface area contributed by atoms with E-state index < -0.39 is 11.6 Å². The van der Waals surface area contributed by atoms with Gasteiger partial charge in [0.2, 0.25) is 0 Å². The molecule has 22 heavy (non-hydrogen) atoms. The Labute approximate surface area is 135 Å². The number of hydrogen-bond donors (Lipinski definition) is 0. The van der Waals surface area contributed by atoms with Gasteiger partial charge in [0, 0.05) is 6.20 Å². The van der Waals surface area contributed by atoms with Crippen molar-refractivity contribution in [3.8, 4) is 5.75 Å². The van der Waals surface area contributed by atoms with Crippen LogP contribution in [0.15, 0.2) is 42.6 Å². The topological polar surface area (TPSA) is 48.4 Å². The van der Waals surface area contributed by atoms with E-state index in [1.165, 1.54) is 6.20 Å². The van der Waals surface area contributed by atoms with Crippen LogP contribution in [0.5, 0.6) is 5.75 Å². The first-order valence-corrected chi connectivity index (χ1v) is 7.29. The first-order chi connectivity index (χ1) is 10.4. The third kappa shape index (κ3) is 4.46. The minimum Gasteiger partial charge on any atom is -0.488 e. The minimum atomic E-state index is -0.618. The van der Waals surface area contributed by atoms with Crippen molar-refractivity contribution in [2.75, 3.05) is 0 Å². The third-order valence-corrected chi connectivity index (χ3v) is 2.99. The van der Waals surface area contributed by atoms with Crippen LogP contribution in [-0.2, 0) is 11.3 Å². The van der Waals surface area contributed by atoms with Gasteiger partial charge in [-0.1, -0.05) is 41.9 Å². The molecule has 1 heterocycles. The standard InChI is InChI=1S/C17H18ClNO3/c1-17(2,3)22-16(20)14-13(9-10-19-15(14)18)21-11-12-7-5-4-6-8-12/h4-10H,11H2,1-3H3. The molecule has 0 saturated heterocycles. The smallest absolute Gasteiger partial charge is 0.345 e. The number of pyridine rings is 1. The SMILES string of the molecule is CC(C)(C)OC(=O)c1c(OCc2ccccc2)ccnc1Cl. The molecule has 0 aliphatic rings. The zero-order valence-corrected chi connectivity index (χ0v) is 13.6. The van der Waals surface area contributed by atoms with Crippen LogP contribution in [0.3, 0.4) is 0 Å². The predicted octanol–water partition coefficient (Wildman–Crippen LogP) is 4.27. The summed E-state index contributed by atoms with van der Waals surface area (Å²) in [5.74, 6) is -0.188. The number of esters is 1. The highest BCUT2D eigenvalue weighted by molar-refractivity contribution is 6.32. The maximum atomic E-state index is 12.3. The molecule has 0 saturated carbocycles. The summed E-state index contributed by atoms with van der Waals surface area (Å²) in [6, 6.07) is 11.3. The quantitative estimate of drug-likeness (QED) is 0.623. The van der Waals surface area contributed by atoms with E-state index in [-0.39, 0.29) is 10.7 Å². The summed E-state index contributed by atoms with van der Waals surface area (Å²) in [5.41, 5.74) is 0.521. The van der Waals surface area contributed by atoms with Gasteiger partial charge in [0.1, 0.15) is 28.7 Å². The molecule has 5 heteroatoms. The first kappa shape index (κ1) is 16.3. The summed E-state index contributed by atoms with van der Waals surface area (Å²) >= 11 is 6.04. The number of carbonyl (C=O) groups is 1. The average Bonchev–Trinajstić information content (AvgIpc) is 2.44. The van der Waals surface area contributed by atoms with E-state index in [9.17, 15) is 4.79 Å². The van der Waals surface area contributed by atoms with Gasteiger partial charge in [-0.3, -0.25) is 0 Å². The second-order valence-electron chi connectivity index (χ2n) is 5.75. The molecular formula is C17H18ClNO3. The Kier molecular flexibility index (Phi) is 5.03. The molecule has 0 N–H and O–H groups in total. The number of aromatic nitrogens is 1. The largest absolute Gasteiger partial charge is 0.488 e. The summed E-state index contributed by atoms with van der Waals surface area (Å²) in [7, 11) is 0. The van der Waals surface area contributed by atoms with E-state index in [1.807, 2.05) is 30.3 Å². The fraction of sp³-hybridized carbons (Fsp3) is 0.294. The van der Waals surface area contributed by atoms with Crippen molar-refractivity contribution in [2.45, 2.75) is 33.0 Å². The van der Waals surface area contributed by atoms with Crippen LogP contribution >= 0.6 is 11.6 Å². The number of rotatable bonds is 4. The molecule has 0 radical (unpaired) electrons. The molecule has 0 atom stereocenters. The zero-order valence-electron chi connectivity index (χ0n) is 12.8. The van der Waals surface area contributed by atoms with Gasteiger partial charge >= 0.3 is 5.97 Å². The molecule has 4 nitrogen and oxygen atoms in total. The molecule has 0 spiro atoms. The van der Waals surface area contributed by atoms with Gasteiger partial charge in [-0.25, -0.2) is 9.78 Å². The lowest BCUT2D eigenvalue weighted by Gasteiger charge is -2.20. The van der Waals surface area contributed by atoms with E-state index in [0.29, 0.717) is 12.4 Å². The highest BCUT2D eigenvalue weighted by atomic mass is 35.5. The van der Waals surface area contributed by atoms with Crippen LogP contribution in [0.25, 0.3) is 0 Å². The van der Waals surface area contributed by atoms with Gasteiger partial charge < -0.3 is 9.47 Å². The second-order valence-corrected chi connectivity index (χ2v) is 6.11. The molecule has 0 aliphatic heterocycles. The van der Waals surface area contributed by atoms with Crippen molar-refractivity contribution in [3.63, 3.8) is 0 Å². The van der Waals surface area contributed by atoms with Crippen LogP contribution in [-0.4, -0.2) is 16.6 Å². The molecule has 2 rings (SSSR count). The number of benzene rings is 1. The Morgan fingerprint density at radius 2 is 1.86 bits per heavy atom. The van der Waals surface area contributed by atoms with Crippen LogP contribution < -0.4 is 4.74 Å². The molecule has 0 aliphatic carbocycles. The lowest BCUT2D eigenvalue weighted by Crippen LogP contribution is -2.24. The van der Waals surface area contributed by atoms with Crippen molar-refractivity contribution < 1.29 is 14.3 Å². The van der Waals surface area contributed by atoms with Gasteiger partial charge in [0.25, 0.3) is 0 Å². The minimum absolute atomic E-state index is 0.0693. The number of ether oxygens (including phenoxy) is 2. The number of nitrogens with zero attached hydrogens (tertiary/aromatic N) is 1. The maximum absolute atomic E-state index is 12.3. The van der Waals surface area contributed by atoms with Gasteiger partial charge in [0.15, 0.2) is 0 Å². The lowest BCUT2D eigenvalue weighted by atomic mass is 10.2. The fourth-order valence-corrected chi connectivity index (χ4v) is 2.02. The highest BCUT2D eigenvalue weighted by Crippen LogP contribution is 2.27. The monoisotopic (exact) mass is 319 g/mol. The summed E-state index contributed by atoms with van der Waals surface area (Å²) in [4.78, 5) is 16.2. The van der Waals surface area contributed by atoms with Crippen LogP contribution in [0.4, 0.5) is 0 Å². The number of hydrogen-bond acceptors (Lipinski definition) is 4. The predicted molar refractivity (Wildman–Crippen MR) is 85.2 cm³/mol. The van der Waals surface area contributed by atoms with Gasteiger partial charge in [0.05, 0.1) is 0 Å². The van der Waals surface area contributed by atoms with E-state index in [2.05, 4.69) is 4.98 Å². The number of halogens is 1. The molecule has 2 aromatic rings. The van der Waals surface area contributed by atoms with E-state index in [1.54, 1.807) is 26.8 Å². The van der Waals surface area contributed by atoms with Gasteiger partial charge in [-0.2, -0.15) is 0 Å². The lowest BCUT2D eigenvalue weighted by molar-refractivity contribution is 0.00652. The average molecular weight is 320 g/mol. The van der Waals surface area contributed by atoms with Crippen LogP contribution in [0.1, 0.15) is 36.7 Å². The van der Waals surface area contributed by atoms with Crippen LogP contribution in [0, 0.1) is 0 Å². The highest BCUT2D eigenvalue weighted by Gasteiger charge is 2.24. The fourth-order valence-electron chi connectivity index (χ4n) is 1.79. The molecule has 0 unspecified atom stereocenters. The Hall–Kier alpha value is -2.07. The van der Waals surface area contributed by atoms with E-state index >= 15 is 0 Å². The summed E-state index contributed by atoms with van der Waals surface area (Å²) in [6.07, 6.45) is 1.50. The Morgan fingerprint density at radius 1 is 1.18 bits per heavy atom. The molecule has 0 amide bonds. The number of carbonyl (C=O) groups excluding carboxylic acids is 1. The molecule has 0 bridgehead atoms. The third-order valence-electron chi connectivity index (χ3n) is 2.71. The van der Waals surface area contributed by atoms with Crippen molar-refractivity contribution in [1.29, 1.82) is 0 Å². The van der Waals surface area contributed by atoms with Crippen LogP contribution in [0.2, 0.25) is 5.15 Å². The van der Waals surface area contributed by atoms with Gasteiger partial charge in [-0.05, 0) is 32.4 Å². The Balaban J connectivity index is 2.21. The first-order valence-electron chi connectivity index (χ1n) is 6.91. The molecule has 1 aromatic carbocycles. The van der Waals surface area contributed by atoms with Crippen molar-refractivity contribution in [3.05, 3.63) is 58.9 Å². The molecule has 116 valence electrons. The molecule has 1 aromatic heterocycles. The summed E-state index contributed by atoms with van der Waals surface area (Å²) < 4.78 is 11.1. The van der Waals surface area contributed by atoms with Gasteiger partial charge in [-0.15, -0.1) is 0 Å². The summed E-state index contributed by atoms with van der Waals surface area (Å²) in [5, 5.41) is 0.0693. The van der Waals surface area contributed by atoms with Crippen molar-refractivity contribution >= 4 is 17.6 Å². The van der Waals surface area contributed by atoms with E-state index in [4.69, 9.17) is 21.1 Å². The van der Waals surface area contributed by atoms with Crippen molar-refractivity contribution in [1.82, 2.24) is 4.98 Å². The summed E-state index contributed by atoms with van der Waals surface area (Å²) in [6.45, 7) is 5.70. The molecular weight excluding hydrogens is 302 g/mol. The second kappa shape index (κ2) is 6.79. The molecule has 0 fully saturated rings. The normalized spacial score (nSPS) is 11.1. The Morgan fingerprint density at radius 3 is 2.50 bits per heavy atom. The Bertz CT molecular complexity index is 651. The van der Waals surface area contributed by atoms with E-state index in [0.717, 1.165) is 5.56 Å². The maximum Gasteiger partial charge on any atom is 0.345 e. The van der Waals surface area contributed by atoms with Crippen molar-refractivity contribution in [2.24, 2.45) is 0 Å².